The zero-order chi connectivity index (χ0) is 13.9. The van der Waals surface area contributed by atoms with Crippen molar-refractivity contribution in [1.82, 2.24) is 4.89 Å². The normalized spacial score (nSPS) is 11.4. The van der Waals surface area contributed by atoms with Crippen molar-refractivity contribution in [2.45, 2.75) is 11.1 Å². The first kappa shape index (κ1) is 14.6. The van der Waals surface area contributed by atoms with Crippen LogP contribution in [0.3, 0.4) is 0 Å². The molecule has 0 aliphatic heterocycles. The van der Waals surface area contributed by atoms with Crippen LogP contribution in [0.2, 0.25) is 0 Å². The number of rotatable bonds is 6. The minimum absolute atomic E-state index is 0.0784. The molecule has 0 bridgehead atoms. The quantitative estimate of drug-likeness (QED) is 0.602. The lowest BCUT2D eigenvalue weighted by atomic mass is 10.3. The lowest BCUT2D eigenvalue weighted by Crippen LogP contribution is -2.29. The molecule has 1 aromatic rings. The molecular formula is C8H10N2O6S2. The van der Waals surface area contributed by atoms with Gasteiger partial charge in [-0.3, -0.25) is 9.63 Å². The molecule has 1 aromatic heterocycles. The summed E-state index contributed by atoms with van der Waals surface area (Å²) in [6.45, 7) is 0.860. The zero-order valence-corrected chi connectivity index (χ0v) is 10.8. The highest BCUT2D eigenvalue weighted by molar-refractivity contribution is 7.91. The molecule has 10 heteroatoms. The third-order valence-corrected chi connectivity index (χ3v) is 4.65. The van der Waals surface area contributed by atoms with Crippen molar-refractivity contribution in [2.24, 2.45) is 5.73 Å². The van der Waals surface area contributed by atoms with E-state index in [1.165, 1.54) is 13.0 Å². The van der Waals surface area contributed by atoms with E-state index in [-0.39, 0.29) is 9.09 Å². The first-order valence-electron chi connectivity index (χ1n) is 4.49. The molecule has 0 spiro atoms. The molecule has 0 aliphatic rings. The summed E-state index contributed by atoms with van der Waals surface area (Å²) in [7, 11) is -4.02. The number of nitrogens with one attached hydrogen (secondary N) is 1. The number of primary amides is 1. The van der Waals surface area contributed by atoms with Crippen LogP contribution in [0.5, 0.6) is 0 Å². The molecule has 0 fully saturated rings. The number of thiophene rings is 1. The summed E-state index contributed by atoms with van der Waals surface area (Å²) in [5, 5.41) is 8.80. The number of carboxylic acids is 1. The lowest BCUT2D eigenvalue weighted by molar-refractivity contribution is -0.123. The van der Waals surface area contributed by atoms with Crippen LogP contribution in [0.1, 0.15) is 15.2 Å². The minimum atomic E-state index is -4.02. The first-order chi connectivity index (χ1) is 8.24. The topological polar surface area (TPSA) is 136 Å². The van der Waals surface area contributed by atoms with Gasteiger partial charge in [0.15, 0.2) is 0 Å². The molecule has 0 aromatic carbocycles. The van der Waals surface area contributed by atoms with Gasteiger partial charge in [-0.2, -0.15) is 0 Å². The largest absolute Gasteiger partial charge is 0.477 e. The maximum Gasteiger partial charge on any atom is 0.346 e. The second-order valence-corrected chi connectivity index (χ2v) is 6.15. The second kappa shape index (κ2) is 5.44. The van der Waals surface area contributed by atoms with Gasteiger partial charge in [-0.15, -0.1) is 11.3 Å². The number of hydrogen-bond acceptors (Lipinski definition) is 6. The Hall–Kier alpha value is -1.49. The van der Waals surface area contributed by atoms with Crippen LogP contribution >= 0.6 is 11.3 Å². The van der Waals surface area contributed by atoms with E-state index in [2.05, 4.69) is 4.84 Å². The van der Waals surface area contributed by atoms with Gasteiger partial charge in [-0.25, -0.2) is 13.2 Å². The smallest absolute Gasteiger partial charge is 0.346 e. The summed E-state index contributed by atoms with van der Waals surface area (Å²) in [6.07, 6.45) is 0. The average Bonchev–Trinajstić information content (AvgIpc) is 2.60. The van der Waals surface area contributed by atoms with E-state index in [0.29, 0.717) is 16.9 Å². The number of carbonyl (C=O) groups excluding carboxylic acids is 1. The van der Waals surface area contributed by atoms with Gasteiger partial charge in [0.1, 0.15) is 15.7 Å². The van der Waals surface area contributed by atoms with Gasteiger partial charge >= 0.3 is 5.97 Å². The van der Waals surface area contributed by atoms with E-state index in [9.17, 15) is 18.0 Å². The maximum atomic E-state index is 11.6. The number of carbonyl (C=O) groups is 2. The first-order valence-corrected chi connectivity index (χ1v) is 6.79. The van der Waals surface area contributed by atoms with Gasteiger partial charge in [0, 0.05) is 0 Å². The Kier molecular flexibility index (Phi) is 4.40. The van der Waals surface area contributed by atoms with Crippen molar-refractivity contribution in [2.75, 3.05) is 6.61 Å². The minimum Gasteiger partial charge on any atom is -0.477 e. The highest BCUT2D eigenvalue weighted by Gasteiger charge is 2.22. The van der Waals surface area contributed by atoms with Crippen LogP contribution in [-0.4, -0.2) is 32.0 Å². The van der Waals surface area contributed by atoms with Gasteiger partial charge in [0.2, 0.25) is 5.91 Å². The Morgan fingerprint density at radius 2 is 2.17 bits per heavy atom. The molecule has 0 aliphatic carbocycles. The van der Waals surface area contributed by atoms with E-state index >= 15 is 0 Å². The van der Waals surface area contributed by atoms with Gasteiger partial charge in [-0.05, 0) is 18.6 Å². The number of nitrogens with two attached hydrogens (primary N) is 1. The van der Waals surface area contributed by atoms with Crippen LogP contribution in [0.25, 0.3) is 0 Å². The molecular weight excluding hydrogens is 284 g/mol. The predicted octanol–water partition coefficient (Wildman–Crippen LogP) is -0.550. The summed E-state index contributed by atoms with van der Waals surface area (Å²) in [4.78, 5) is 27.1. The van der Waals surface area contributed by atoms with Crippen LogP contribution < -0.4 is 10.6 Å². The third-order valence-electron chi connectivity index (χ3n) is 1.74. The van der Waals surface area contributed by atoms with Crippen LogP contribution in [0, 0.1) is 6.92 Å². The monoisotopic (exact) mass is 294 g/mol. The summed E-state index contributed by atoms with van der Waals surface area (Å²) < 4.78 is 23.0. The number of sulfonamides is 1. The molecule has 1 rings (SSSR count). The van der Waals surface area contributed by atoms with Crippen molar-refractivity contribution < 1.29 is 28.0 Å². The maximum absolute atomic E-state index is 11.6. The molecule has 0 atom stereocenters. The number of aromatic carboxylic acids is 1. The summed E-state index contributed by atoms with van der Waals surface area (Å²) in [5.41, 5.74) is 5.08. The average molecular weight is 294 g/mol. The fourth-order valence-corrected chi connectivity index (χ4v) is 3.18. The Balaban J connectivity index is 2.89. The Morgan fingerprint density at radius 1 is 1.56 bits per heavy atom. The molecule has 18 heavy (non-hydrogen) atoms. The van der Waals surface area contributed by atoms with E-state index in [1.807, 2.05) is 0 Å². The van der Waals surface area contributed by atoms with Crippen molar-refractivity contribution in [1.29, 1.82) is 0 Å². The molecule has 4 N–H and O–H groups in total. The van der Waals surface area contributed by atoms with Crippen LogP contribution in [-0.2, 0) is 19.7 Å². The SMILES string of the molecule is Cc1cc(S(=O)(=O)NOCC(N)=O)sc1C(=O)O. The van der Waals surface area contributed by atoms with E-state index in [0.717, 1.165) is 0 Å². The van der Waals surface area contributed by atoms with Gasteiger partial charge in [-0.1, -0.05) is 4.89 Å². The standard InChI is InChI=1S/C8H10N2O6S2/c1-4-2-6(17-7(4)8(12)13)18(14,15)10-16-3-5(9)11/h2,10H,3H2,1H3,(H2,9,11)(H,12,13). The van der Waals surface area contributed by atoms with Gasteiger partial charge in [0.05, 0.1) is 0 Å². The molecule has 1 heterocycles. The number of aryl methyl sites for hydroxylation is 1. The molecule has 0 radical (unpaired) electrons. The zero-order valence-electron chi connectivity index (χ0n) is 9.17. The van der Waals surface area contributed by atoms with Crippen LogP contribution in [0.15, 0.2) is 10.3 Å². The summed E-state index contributed by atoms with van der Waals surface area (Å²) >= 11 is 0.587. The van der Waals surface area contributed by atoms with Crippen molar-refractivity contribution in [3.8, 4) is 0 Å². The number of carboxylic acid groups (broad SMARTS) is 1. The second-order valence-electron chi connectivity index (χ2n) is 3.22. The fourth-order valence-electron chi connectivity index (χ4n) is 1.02. The van der Waals surface area contributed by atoms with E-state index in [4.69, 9.17) is 10.8 Å². The Bertz CT molecular complexity index is 576. The predicted molar refractivity (Wildman–Crippen MR) is 61.5 cm³/mol. The highest BCUT2D eigenvalue weighted by Crippen LogP contribution is 2.25. The Labute approximate surface area is 106 Å². The summed E-state index contributed by atoms with van der Waals surface area (Å²) in [5.74, 6) is -2.05. The molecule has 1 amide bonds. The molecule has 0 saturated heterocycles. The number of amides is 1. The van der Waals surface area contributed by atoms with Crippen LogP contribution in [0.4, 0.5) is 0 Å². The molecule has 0 saturated carbocycles. The Morgan fingerprint density at radius 3 is 2.61 bits per heavy atom. The van der Waals surface area contributed by atoms with E-state index in [1.54, 1.807) is 4.89 Å². The fraction of sp³-hybridized carbons (Fsp3) is 0.250. The van der Waals surface area contributed by atoms with Gasteiger partial charge in [0.25, 0.3) is 10.0 Å². The van der Waals surface area contributed by atoms with Crippen molar-refractivity contribution >= 4 is 33.2 Å². The molecule has 8 nitrogen and oxygen atoms in total. The van der Waals surface area contributed by atoms with Crippen molar-refractivity contribution in [3.63, 3.8) is 0 Å². The number of hydrogen-bond donors (Lipinski definition) is 3. The third kappa shape index (κ3) is 3.50. The lowest BCUT2D eigenvalue weighted by Gasteiger charge is -2.02. The molecule has 100 valence electrons. The highest BCUT2D eigenvalue weighted by atomic mass is 32.2. The van der Waals surface area contributed by atoms with Gasteiger partial charge < -0.3 is 10.8 Å². The van der Waals surface area contributed by atoms with Crippen molar-refractivity contribution in [3.05, 3.63) is 16.5 Å². The summed E-state index contributed by atoms with van der Waals surface area (Å²) in [6, 6.07) is 1.20. The molecule has 0 unspecified atom stereocenters. The van der Waals surface area contributed by atoms with E-state index < -0.39 is 28.5 Å².